The van der Waals surface area contributed by atoms with Crippen LogP contribution in [0.2, 0.25) is 0 Å². The maximum absolute atomic E-state index is 13.2. The zero-order valence-corrected chi connectivity index (χ0v) is 7.26. The quantitative estimate of drug-likeness (QED) is 0.770. The van der Waals surface area contributed by atoms with Crippen molar-refractivity contribution >= 4 is 0 Å². The molecule has 0 bridgehead atoms. The molecule has 2 aromatic rings. The van der Waals surface area contributed by atoms with E-state index in [-0.39, 0.29) is 12.2 Å². The highest BCUT2D eigenvalue weighted by Crippen LogP contribution is 2.16. The highest BCUT2D eigenvalue weighted by molar-refractivity contribution is 5.40. The van der Waals surface area contributed by atoms with Crippen molar-refractivity contribution in [3.05, 3.63) is 42.2 Å². The van der Waals surface area contributed by atoms with E-state index in [0.29, 0.717) is 5.69 Å². The minimum Gasteiger partial charge on any atom is -0.391 e. The van der Waals surface area contributed by atoms with E-state index in [4.69, 9.17) is 5.11 Å². The van der Waals surface area contributed by atoms with Gasteiger partial charge in [-0.25, -0.2) is 14.1 Å². The Labute approximate surface area is 79.6 Å². The van der Waals surface area contributed by atoms with Crippen molar-refractivity contribution in [2.24, 2.45) is 0 Å². The number of hydrogen-bond donors (Lipinski definition) is 1. The second-order valence-electron chi connectivity index (χ2n) is 2.74. The van der Waals surface area contributed by atoms with Crippen LogP contribution in [0.15, 0.2) is 30.9 Å². The number of benzene rings is 1. The largest absolute Gasteiger partial charge is 0.391 e. The Bertz CT molecular complexity index is 428. The third-order valence-corrected chi connectivity index (χ3v) is 1.92. The summed E-state index contributed by atoms with van der Waals surface area (Å²) in [6.07, 6.45) is 2.81. The number of aromatic nitrogens is 3. The summed E-state index contributed by atoms with van der Waals surface area (Å²) in [5, 5.41) is 12.9. The Morgan fingerprint density at radius 1 is 1.43 bits per heavy atom. The van der Waals surface area contributed by atoms with Crippen LogP contribution < -0.4 is 0 Å². The fourth-order valence-corrected chi connectivity index (χ4v) is 1.25. The van der Waals surface area contributed by atoms with Crippen molar-refractivity contribution in [1.82, 2.24) is 14.8 Å². The summed E-state index contributed by atoms with van der Waals surface area (Å²) in [6, 6.07) is 4.53. The Kier molecular flexibility index (Phi) is 2.24. The van der Waals surface area contributed by atoms with Crippen LogP contribution in [-0.4, -0.2) is 19.9 Å². The SMILES string of the molecule is OCc1c(F)cccc1-n1cncn1. The van der Waals surface area contributed by atoms with E-state index < -0.39 is 5.82 Å². The van der Waals surface area contributed by atoms with E-state index in [1.807, 2.05) is 0 Å². The molecule has 5 heteroatoms. The van der Waals surface area contributed by atoms with Gasteiger partial charge in [0.2, 0.25) is 0 Å². The molecular weight excluding hydrogens is 185 g/mol. The molecule has 1 aromatic carbocycles. The summed E-state index contributed by atoms with van der Waals surface area (Å²) in [5.41, 5.74) is 0.725. The number of aliphatic hydroxyl groups excluding tert-OH is 1. The summed E-state index contributed by atoms with van der Waals surface area (Å²) in [4.78, 5) is 3.75. The molecule has 0 saturated heterocycles. The molecule has 1 aromatic heterocycles. The molecule has 1 heterocycles. The summed E-state index contributed by atoms with van der Waals surface area (Å²) in [7, 11) is 0. The predicted molar refractivity (Wildman–Crippen MR) is 47.2 cm³/mol. The lowest BCUT2D eigenvalue weighted by molar-refractivity contribution is 0.275. The summed E-state index contributed by atoms with van der Waals surface area (Å²) in [6.45, 7) is -0.359. The van der Waals surface area contributed by atoms with Gasteiger partial charge in [0.1, 0.15) is 18.5 Å². The van der Waals surface area contributed by atoms with E-state index in [0.717, 1.165) is 0 Å². The average molecular weight is 193 g/mol. The van der Waals surface area contributed by atoms with Crippen LogP contribution in [0.25, 0.3) is 5.69 Å². The van der Waals surface area contributed by atoms with Crippen molar-refractivity contribution in [2.45, 2.75) is 6.61 Å². The molecule has 0 saturated carbocycles. The first-order chi connectivity index (χ1) is 6.83. The van der Waals surface area contributed by atoms with Gasteiger partial charge < -0.3 is 5.11 Å². The van der Waals surface area contributed by atoms with Crippen molar-refractivity contribution in [2.75, 3.05) is 0 Å². The highest BCUT2D eigenvalue weighted by Gasteiger charge is 2.08. The van der Waals surface area contributed by atoms with Crippen molar-refractivity contribution < 1.29 is 9.50 Å². The minimum absolute atomic E-state index is 0.220. The standard InChI is InChI=1S/C9H8FN3O/c10-8-2-1-3-9(7(8)4-14)13-6-11-5-12-13/h1-3,5-6,14H,4H2. The summed E-state index contributed by atoms with van der Waals surface area (Å²) < 4.78 is 14.6. The first-order valence-corrected chi connectivity index (χ1v) is 4.06. The van der Waals surface area contributed by atoms with Crippen LogP contribution in [0.5, 0.6) is 0 Å². The average Bonchev–Trinajstić information content (AvgIpc) is 2.70. The number of halogens is 1. The summed E-state index contributed by atoms with van der Waals surface area (Å²) in [5.74, 6) is -0.444. The number of rotatable bonds is 2. The molecule has 0 aliphatic rings. The van der Waals surface area contributed by atoms with Crippen LogP contribution in [0.3, 0.4) is 0 Å². The smallest absolute Gasteiger partial charge is 0.138 e. The van der Waals surface area contributed by atoms with Gasteiger partial charge in [0.25, 0.3) is 0 Å². The van der Waals surface area contributed by atoms with Gasteiger partial charge in [-0.2, -0.15) is 5.10 Å². The second-order valence-corrected chi connectivity index (χ2v) is 2.74. The molecule has 0 radical (unpaired) electrons. The fourth-order valence-electron chi connectivity index (χ4n) is 1.25. The molecule has 0 aliphatic heterocycles. The van der Waals surface area contributed by atoms with Gasteiger partial charge >= 0.3 is 0 Å². The number of aliphatic hydroxyl groups is 1. The molecule has 1 N–H and O–H groups in total. The lowest BCUT2D eigenvalue weighted by Crippen LogP contribution is -2.02. The first-order valence-electron chi connectivity index (χ1n) is 4.06. The van der Waals surface area contributed by atoms with Crippen LogP contribution in [0.1, 0.15) is 5.56 Å². The molecule has 2 rings (SSSR count). The molecule has 0 unspecified atom stereocenters. The van der Waals surface area contributed by atoms with Crippen LogP contribution >= 0.6 is 0 Å². The van der Waals surface area contributed by atoms with Gasteiger partial charge in [-0.05, 0) is 12.1 Å². The topological polar surface area (TPSA) is 50.9 Å². The van der Waals surface area contributed by atoms with E-state index in [1.165, 1.54) is 23.4 Å². The lowest BCUT2D eigenvalue weighted by Gasteiger charge is -2.06. The third-order valence-electron chi connectivity index (χ3n) is 1.92. The Morgan fingerprint density at radius 3 is 2.93 bits per heavy atom. The van der Waals surface area contributed by atoms with E-state index >= 15 is 0 Å². The molecule has 72 valence electrons. The van der Waals surface area contributed by atoms with Gasteiger partial charge in [-0.3, -0.25) is 0 Å². The fraction of sp³-hybridized carbons (Fsp3) is 0.111. The normalized spacial score (nSPS) is 10.4. The lowest BCUT2D eigenvalue weighted by atomic mass is 10.2. The predicted octanol–water partition coefficient (Wildman–Crippen LogP) is 0.899. The molecule has 0 spiro atoms. The maximum Gasteiger partial charge on any atom is 0.138 e. The van der Waals surface area contributed by atoms with Crippen LogP contribution in [0, 0.1) is 5.82 Å². The van der Waals surface area contributed by atoms with Crippen molar-refractivity contribution in [1.29, 1.82) is 0 Å². The van der Waals surface area contributed by atoms with Gasteiger partial charge in [0, 0.05) is 5.56 Å². The van der Waals surface area contributed by atoms with Crippen LogP contribution in [-0.2, 0) is 6.61 Å². The van der Waals surface area contributed by atoms with Gasteiger partial charge in [-0.1, -0.05) is 6.07 Å². The first kappa shape index (κ1) is 8.83. The van der Waals surface area contributed by atoms with E-state index in [2.05, 4.69) is 10.1 Å². The van der Waals surface area contributed by atoms with Gasteiger partial charge in [0.05, 0.1) is 12.3 Å². The number of hydrogen-bond acceptors (Lipinski definition) is 3. The molecule has 14 heavy (non-hydrogen) atoms. The Balaban J connectivity index is 2.58. The second kappa shape index (κ2) is 3.55. The third kappa shape index (κ3) is 1.38. The zero-order chi connectivity index (χ0) is 9.97. The molecule has 0 fully saturated rings. The van der Waals surface area contributed by atoms with Crippen LogP contribution in [0.4, 0.5) is 4.39 Å². The molecule has 0 atom stereocenters. The number of nitrogens with zero attached hydrogens (tertiary/aromatic N) is 3. The maximum atomic E-state index is 13.2. The van der Waals surface area contributed by atoms with Gasteiger partial charge in [-0.15, -0.1) is 0 Å². The van der Waals surface area contributed by atoms with Crippen molar-refractivity contribution in [3.63, 3.8) is 0 Å². The minimum atomic E-state index is -0.444. The van der Waals surface area contributed by atoms with Crippen molar-refractivity contribution in [3.8, 4) is 5.69 Å². The molecule has 0 aliphatic carbocycles. The summed E-state index contributed by atoms with van der Waals surface area (Å²) >= 11 is 0. The Hall–Kier alpha value is -1.75. The highest BCUT2D eigenvalue weighted by atomic mass is 19.1. The monoisotopic (exact) mass is 193 g/mol. The Morgan fingerprint density at radius 2 is 2.29 bits per heavy atom. The molecular formula is C9H8FN3O. The van der Waals surface area contributed by atoms with Gasteiger partial charge in [0.15, 0.2) is 0 Å². The zero-order valence-electron chi connectivity index (χ0n) is 7.26. The molecule has 0 amide bonds. The van der Waals surface area contributed by atoms with E-state index in [1.54, 1.807) is 12.1 Å². The van der Waals surface area contributed by atoms with E-state index in [9.17, 15) is 4.39 Å². The molecule has 4 nitrogen and oxygen atoms in total.